The zero-order valence-corrected chi connectivity index (χ0v) is 11.6. The van der Waals surface area contributed by atoms with Crippen LogP contribution in [0.5, 0.6) is 0 Å². The van der Waals surface area contributed by atoms with E-state index in [0.29, 0.717) is 5.56 Å². The quantitative estimate of drug-likeness (QED) is 0.836. The summed E-state index contributed by atoms with van der Waals surface area (Å²) in [6.45, 7) is 8.72. The molecular weight excluding hydrogens is 241 g/mol. The summed E-state index contributed by atoms with van der Waals surface area (Å²) in [5, 5.41) is 9.42. The van der Waals surface area contributed by atoms with Crippen LogP contribution in [0.3, 0.4) is 0 Å². The van der Waals surface area contributed by atoms with Gasteiger partial charge in [-0.1, -0.05) is 19.1 Å². The molecular formula is C15H20FN3. The molecule has 1 aromatic rings. The third-order valence-electron chi connectivity index (χ3n) is 3.84. The van der Waals surface area contributed by atoms with Gasteiger partial charge in [0.2, 0.25) is 0 Å². The molecule has 1 aromatic carbocycles. The molecule has 102 valence electrons. The molecule has 0 N–H and O–H groups in total. The number of halogens is 1. The first kappa shape index (κ1) is 14.0. The number of aryl methyl sites for hydroxylation is 1. The number of likely N-dealkylation sites (N-methyl/N-ethyl adjacent to an activating group) is 1. The van der Waals surface area contributed by atoms with Crippen molar-refractivity contribution < 1.29 is 4.39 Å². The van der Waals surface area contributed by atoms with E-state index in [1.807, 2.05) is 0 Å². The largest absolute Gasteiger partial charge is 0.301 e. The summed E-state index contributed by atoms with van der Waals surface area (Å²) in [5.74, 6) is -0.212. The summed E-state index contributed by atoms with van der Waals surface area (Å²) in [7, 11) is 0. The van der Waals surface area contributed by atoms with Gasteiger partial charge in [-0.25, -0.2) is 4.39 Å². The molecule has 3 nitrogen and oxygen atoms in total. The van der Waals surface area contributed by atoms with Crippen LogP contribution in [0.15, 0.2) is 18.2 Å². The van der Waals surface area contributed by atoms with Crippen LogP contribution in [-0.2, 0) is 0 Å². The highest BCUT2D eigenvalue weighted by molar-refractivity contribution is 5.29. The number of hydrogen-bond acceptors (Lipinski definition) is 3. The molecule has 1 aliphatic rings. The molecule has 1 saturated heterocycles. The fourth-order valence-corrected chi connectivity index (χ4v) is 2.54. The summed E-state index contributed by atoms with van der Waals surface area (Å²) in [5.41, 5.74) is 1.50. The highest BCUT2D eigenvalue weighted by atomic mass is 19.1. The summed E-state index contributed by atoms with van der Waals surface area (Å²) in [6.07, 6.45) is 0. The second kappa shape index (κ2) is 6.14. The molecule has 0 bridgehead atoms. The molecule has 0 saturated carbocycles. The third-order valence-corrected chi connectivity index (χ3v) is 3.84. The number of nitrogens with zero attached hydrogens (tertiary/aromatic N) is 3. The zero-order valence-electron chi connectivity index (χ0n) is 11.6. The van der Waals surface area contributed by atoms with E-state index in [1.165, 1.54) is 6.07 Å². The SMILES string of the molecule is CCN1CCN(C(C#N)c2ccc(F)c(C)c2)CC1. The van der Waals surface area contributed by atoms with Crippen LogP contribution in [0, 0.1) is 24.1 Å². The minimum absolute atomic E-state index is 0.212. The van der Waals surface area contributed by atoms with E-state index in [-0.39, 0.29) is 11.9 Å². The van der Waals surface area contributed by atoms with E-state index < -0.39 is 0 Å². The van der Waals surface area contributed by atoms with Crippen LogP contribution in [0.1, 0.15) is 24.1 Å². The van der Waals surface area contributed by atoms with Crippen molar-refractivity contribution in [3.8, 4) is 6.07 Å². The maximum Gasteiger partial charge on any atom is 0.126 e. The van der Waals surface area contributed by atoms with Gasteiger partial charge in [-0.3, -0.25) is 4.90 Å². The highest BCUT2D eigenvalue weighted by Gasteiger charge is 2.24. The Morgan fingerprint density at radius 3 is 2.53 bits per heavy atom. The van der Waals surface area contributed by atoms with Gasteiger partial charge < -0.3 is 4.90 Å². The van der Waals surface area contributed by atoms with Crippen molar-refractivity contribution in [3.05, 3.63) is 35.1 Å². The molecule has 1 unspecified atom stereocenters. The average molecular weight is 261 g/mol. The number of piperazine rings is 1. The van der Waals surface area contributed by atoms with Gasteiger partial charge in [0.05, 0.1) is 6.07 Å². The lowest BCUT2D eigenvalue weighted by molar-refractivity contribution is 0.118. The molecule has 19 heavy (non-hydrogen) atoms. The second-order valence-corrected chi connectivity index (χ2v) is 5.01. The molecule has 0 amide bonds. The minimum Gasteiger partial charge on any atom is -0.301 e. The Kier molecular flexibility index (Phi) is 4.52. The summed E-state index contributed by atoms with van der Waals surface area (Å²) >= 11 is 0. The van der Waals surface area contributed by atoms with E-state index in [9.17, 15) is 9.65 Å². The van der Waals surface area contributed by atoms with E-state index in [2.05, 4.69) is 22.8 Å². The van der Waals surface area contributed by atoms with Crippen LogP contribution in [0.2, 0.25) is 0 Å². The molecule has 1 aliphatic heterocycles. The van der Waals surface area contributed by atoms with Gasteiger partial charge in [-0.05, 0) is 30.7 Å². The van der Waals surface area contributed by atoms with Gasteiger partial charge in [0.25, 0.3) is 0 Å². The zero-order chi connectivity index (χ0) is 13.8. The number of benzene rings is 1. The average Bonchev–Trinajstić information content (AvgIpc) is 2.44. The van der Waals surface area contributed by atoms with Crippen molar-refractivity contribution in [2.75, 3.05) is 32.7 Å². The van der Waals surface area contributed by atoms with Crippen LogP contribution in [0.4, 0.5) is 4.39 Å². The van der Waals surface area contributed by atoms with Crippen molar-refractivity contribution >= 4 is 0 Å². The Morgan fingerprint density at radius 2 is 2.00 bits per heavy atom. The predicted octanol–water partition coefficient (Wildman–Crippen LogP) is 2.34. The Labute approximate surface area is 114 Å². The first-order valence-corrected chi connectivity index (χ1v) is 6.77. The molecule has 0 aliphatic carbocycles. The van der Waals surface area contributed by atoms with Crippen molar-refractivity contribution in [1.29, 1.82) is 5.26 Å². The maximum atomic E-state index is 13.3. The summed E-state index contributed by atoms with van der Waals surface area (Å²) in [6, 6.07) is 7.05. The van der Waals surface area contributed by atoms with Crippen LogP contribution < -0.4 is 0 Å². The fourth-order valence-electron chi connectivity index (χ4n) is 2.54. The Bertz CT molecular complexity index is 473. The second-order valence-electron chi connectivity index (χ2n) is 5.01. The van der Waals surface area contributed by atoms with Gasteiger partial charge >= 0.3 is 0 Å². The van der Waals surface area contributed by atoms with E-state index in [4.69, 9.17) is 0 Å². The van der Waals surface area contributed by atoms with Crippen LogP contribution in [-0.4, -0.2) is 42.5 Å². The monoisotopic (exact) mass is 261 g/mol. The number of rotatable bonds is 3. The van der Waals surface area contributed by atoms with Gasteiger partial charge in [0, 0.05) is 26.2 Å². The smallest absolute Gasteiger partial charge is 0.126 e. The molecule has 0 radical (unpaired) electrons. The minimum atomic E-state index is -0.265. The van der Waals surface area contributed by atoms with Crippen molar-refractivity contribution in [1.82, 2.24) is 9.80 Å². The lowest BCUT2D eigenvalue weighted by Gasteiger charge is -2.36. The topological polar surface area (TPSA) is 30.3 Å². The lowest BCUT2D eigenvalue weighted by atomic mass is 10.0. The molecule has 4 heteroatoms. The molecule has 1 heterocycles. The third kappa shape index (κ3) is 3.12. The Hall–Kier alpha value is -1.44. The van der Waals surface area contributed by atoms with Crippen LogP contribution in [0.25, 0.3) is 0 Å². The summed E-state index contributed by atoms with van der Waals surface area (Å²) < 4.78 is 13.3. The lowest BCUT2D eigenvalue weighted by Crippen LogP contribution is -2.47. The summed E-state index contributed by atoms with van der Waals surface area (Å²) in [4.78, 5) is 4.56. The van der Waals surface area contributed by atoms with Crippen molar-refractivity contribution in [3.63, 3.8) is 0 Å². The Balaban J connectivity index is 2.12. The predicted molar refractivity (Wildman–Crippen MR) is 73.2 cm³/mol. The normalized spacial score (nSPS) is 19.1. The van der Waals surface area contributed by atoms with E-state index in [1.54, 1.807) is 19.1 Å². The number of hydrogen-bond donors (Lipinski definition) is 0. The first-order valence-electron chi connectivity index (χ1n) is 6.77. The first-order chi connectivity index (χ1) is 9.15. The molecule has 0 spiro atoms. The van der Waals surface area contributed by atoms with Crippen molar-refractivity contribution in [2.24, 2.45) is 0 Å². The molecule has 1 fully saturated rings. The maximum absolute atomic E-state index is 13.3. The van der Waals surface area contributed by atoms with E-state index >= 15 is 0 Å². The van der Waals surface area contributed by atoms with Gasteiger partial charge in [-0.2, -0.15) is 5.26 Å². The van der Waals surface area contributed by atoms with Gasteiger partial charge in [0.1, 0.15) is 11.9 Å². The fraction of sp³-hybridized carbons (Fsp3) is 0.533. The Morgan fingerprint density at radius 1 is 1.32 bits per heavy atom. The molecule has 1 atom stereocenters. The standard InChI is InChI=1S/C15H20FN3/c1-3-18-6-8-19(9-7-18)15(11-17)13-4-5-14(16)12(2)10-13/h4-5,10,15H,3,6-9H2,1-2H3. The number of nitriles is 1. The molecule has 2 rings (SSSR count). The van der Waals surface area contributed by atoms with Crippen molar-refractivity contribution in [2.45, 2.75) is 19.9 Å². The van der Waals surface area contributed by atoms with Crippen LogP contribution >= 0.6 is 0 Å². The van der Waals surface area contributed by atoms with Gasteiger partial charge in [-0.15, -0.1) is 0 Å². The van der Waals surface area contributed by atoms with E-state index in [0.717, 1.165) is 38.3 Å². The highest BCUT2D eigenvalue weighted by Crippen LogP contribution is 2.23. The molecule has 0 aromatic heterocycles. The van der Waals surface area contributed by atoms with Gasteiger partial charge in [0.15, 0.2) is 0 Å².